The Morgan fingerprint density at radius 2 is 2.09 bits per heavy atom. The third kappa shape index (κ3) is 4.44. The number of halogens is 1. The van der Waals surface area contributed by atoms with E-state index in [-0.39, 0.29) is 11.2 Å². The highest BCUT2D eigenvalue weighted by Crippen LogP contribution is 2.32. The van der Waals surface area contributed by atoms with Gasteiger partial charge in [0.05, 0.1) is 5.25 Å². The van der Waals surface area contributed by atoms with Crippen LogP contribution in [0.4, 0.5) is 10.8 Å². The van der Waals surface area contributed by atoms with Gasteiger partial charge in [-0.05, 0) is 44.0 Å². The van der Waals surface area contributed by atoms with Gasteiger partial charge in [-0.3, -0.25) is 4.79 Å². The Hall–Kier alpha value is -1.12. The third-order valence-electron chi connectivity index (χ3n) is 3.07. The van der Waals surface area contributed by atoms with Crippen LogP contribution in [0, 0.1) is 0 Å². The molecule has 0 bridgehead atoms. The van der Waals surface area contributed by atoms with Crippen molar-refractivity contribution < 1.29 is 4.79 Å². The van der Waals surface area contributed by atoms with Crippen LogP contribution in [0.2, 0.25) is 0 Å². The Morgan fingerprint density at radius 3 is 2.77 bits per heavy atom. The fourth-order valence-corrected chi connectivity index (χ4v) is 3.94. The predicted octanol–water partition coefficient (Wildman–Crippen LogP) is 3.99. The molecule has 0 saturated heterocycles. The number of amides is 1. The molecule has 0 unspecified atom stereocenters. The Labute approximate surface area is 145 Å². The maximum atomic E-state index is 12.2. The molecule has 2 aromatic rings. The molecule has 1 aromatic carbocycles. The van der Waals surface area contributed by atoms with E-state index in [2.05, 4.69) is 36.8 Å². The molecular formula is C14H15BrN4OS2. The largest absolute Gasteiger partial charge is 0.357 e. The van der Waals surface area contributed by atoms with Gasteiger partial charge in [0, 0.05) is 16.2 Å². The number of hydrogen-bond acceptors (Lipinski definition) is 6. The summed E-state index contributed by atoms with van der Waals surface area (Å²) in [6.45, 7) is 1.87. The standard InChI is InChI=1S/C14H15BrN4OS2/c1-8(12(20)16-10-4-2-9(15)3-5-10)21-14-19-18-13(22-14)17-11-6-7-11/h2-5,8,11H,6-7H2,1H3,(H,16,20)(H,17,18)/t8-/m1/s1. The second-order valence-electron chi connectivity index (χ2n) is 5.05. The SMILES string of the molecule is C[C@@H](Sc1nnc(NC2CC2)s1)C(=O)Nc1ccc(Br)cc1. The fourth-order valence-electron chi connectivity index (χ4n) is 1.70. The van der Waals surface area contributed by atoms with E-state index >= 15 is 0 Å². The normalized spacial score (nSPS) is 15.4. The van der Waals surface area contributed by atoms with E-state index in [0.29, 0.717) is 6.04 Å². The number of hydrogen-bond donors (Lipinski definition) is 2. The molecule has 2 N–H and O–H groups in total. The minimum atomic E-state index is -0.231. The summed E-state index contributed by atoms with van der Waals surface area (Å²) in [6.07, 6.45) is 2.40. The van der Waals surface area contributed by atoms with Gasteiger partial charge in [0.15, 0.2) is 4.34 Å². The lowest BCUT2D eigenvalue weighted by Gasteiger charge is -2.10. The number of carbonyl (C=O) groups excluding carboxylic acids is 1. The zero-order valence-corrected chi connectivity index (χ0v) is 15.1. The van der Waals surface area contributed by atoms with Crippen LogP contribution in [-0.4, -0.2) is 27.4 Å². The number of anilines is 2. The lowest BCUT2D eigenvalue weighted by molar-refractivity contribution is -0.115. The van der Waals surface area contributed by atoms with Crippen molar-refractivity contribution in [2.75, 3.05) is 10.6 Å². The molecule has 116 valence electrons. The van der Waals surface area contributed by atoms with E-state index in [9.17, 15) is 4.79 Å². The van der Waals surface area contributed by atoms with Crippen LogP contribution in [-0.2, 0) is 4.79 Å². The molecule has 1 saturated carbocycles. The van der Waals surface area contributed by atoms with E-state index in [0.717, 1.165) is 19.6 Å². The van der Waals surface area contributed by atoms with Gasteiger partial charge in [0.1, 0.15) is 0 Å². The van der Waals surface area contributed by atoms with Crippen LogP contribution in [0.15, 0.2) is 33.1 Å². The van der Waals surface area contributed by atoms with E-state index in [4.69, 9.17) is 0 Å². The quantitative estimate of drug-likeness (QED) is 0.719. The van der Waals surface area contributed by atoms with Gasteiger partial charge >= 0.3 is 0 Å². The van der Waals surface area contributed by atoms with E-state index in [1.165, 1.54) is 35.9 Å². The molecule has 0 radical (unpaired) electrons. The monoisotopic (exact) mass is 398 g/mol. The van der Waals surface area contributed by atoms with Crippen molar-refractivity contribution in [3.63, 3.8) is 0 Å². The number of rotatable bonds is 6. The molecule has 5 nitrogen and oxygen atoms in total. The number of carbonyl (C=O) groups is 1. The number of nitrogens with zero attached hydrogens (tertiary/aromatic N) is 2. The summed E-state index contributed by atoms with van der Waals surface area (Å²) in [5.74, 6) is -0.0424. The molecular weight excluding hydrogens is 384 g/mol. The first-order chi connectivity index (χ1) is 10.6. The van der Waals surface area contributed by atoms with Crippen LogP contribution < -0.4 is 10.6 Å². The molecule has 1 amide bonds. The smallest absolute Gasteiger partial charge is 0.237 e. The third-order valence-corrected chi connectivity index (χ3v) is 5.64. The fraction of sp³-hybridized carbons (Fsp3) is 0.357. The molecule has 1 aliphatic rings. The summed E-state index contributed by atoms with van der Waals surface area (Å²) >= 11 is 6.30. The minimum Gasteiger partial charge on any atom is -0.357 e. The van der Waals surface area contributed by atoms with Crippen LogP contribution >= 0.6 is 39.0 Å². The molecule has 1 aliphatic carbocycles. The topological polar surface area (TPSA) is 66.9 Å². The first kappa shape index (κ1) is 15.8. The Kier molecular flexibility index (Phi) is 5.00. The van der Waals surface area contributed by atoms with Crippen molar-refractivity contribution in [1.29, 1.82) is 0 Å². The van der Waals surface area contributed by atoms with Gasteiger partial charge in [-0.15, -0.1) is 10.2 Å². The van der Waals surface area contributed by atoms with Crippen molar-refractivity contribution in [1.82, 2.24) is 10.2 Å². The zero-order valence-electron chi connectivity index (χ0n) is 11.9. The molecule has 22 heavy (non-hydrogen) atoms. The van der Waals surface area contributed by atoms with E-state index in [1.54, 1.807) is 0 Å². The molecule has 8 heteroatoms. The lowest BCUT2D eigenvalue weighted by atomic mass is 10.3. The Balaban J connectivity index is 1.53. The maximum Gasteiger partial charge on any atom is 0.237 e. The second-order valence-corrected chi connectivity index (χ2v) is 8.53. The molecule has 0 aliphatic heterocycles. The van der Waals surface area contributed by atoms with Gasteiger partial charge in [-0.2, -0.15) is 0 Å². The number of nitrogens with one attached hydrogen (secondary N) is 2. The first-order valence-electron chi connectivity index (χ1n) is 6.93. The molecule has 1 atom stereocenters. The highest BCUT2D eigenvalue weighted by atomic mass is 79.9. The van der Waals surface area contributed by atoms with Gasteiger partial charge in [0.2, 0.25) is 11.0 Å². The number of thioether (sulfide) groups is 1. The van der Waals surface area contributed by atoms with Gasteiger partial charge in [-0.1, -0.05) is 39.0 Å². The van der Waals surface area contributed by atoms with E-state index < -0.39 is 0 Å². The summed E-state index contributed by atoms with van der Waals surface area (Å²) < 4.78 is 1.79. The van der Waals surface area contributed by atoms with Gasteiger partial charge in [0.25, 0.3) is 0 Å². The molecule has 1 fully saturated rings. The summed E-state index contributed by atoms with van der Waals surface area (Å²) in [4.78, 5) is 12.2. The zero-order chi connectivity index (χ0) is 15.5. The summed E-state index contributed by atoms with van der Waals surface area (Å²) in [6, 6.07) is 8.08. The van der Waals surface area contributed by atoms with Crippen molar-refractivity contribution in [2.45, 2.75) is 35.4 Å². The average molecular weight is 399 g/mol. The van der Waals surface area contributed by atoms with E-state index in [1.807, 2.05) is 31.2 Å². The predicted molar refractivity (Wildman–Crippen MR) is 94.6 cm³/mol. The van der Waals surface area contributed by atoms with Gasteiger partial charge in [-0.25, -0.2) is 0 Å². The first-order valence-corrected chi connectivity index (χ1v) is 9.42. The second kappa shape index (κ2) is 6.97. The molecule has 1 aromatic heterocycles. The van der Waals surface area contributed by atoms with Crippen LogP contribution in [0.3, 0.4) is 0 Å². The Morgan fingerprint density at radius 1 is 1.36 bits per heavy atom. The average Bonchev–Trinajstić information content (AvgIpc) is 3.20. The highest BCUT2D eigenvalue weighted by Gasteiger charge is 2.23. The van der Waals surface area contributed by atoms with Crippen LogP contribution in [0.25, 0.3) is 0 Å². The highest BCUT2D eigenvalue weighted by molar-refractivity contribution is 9.10. The maximum absolute atomic E-state index is 12.2. The van der Waals surface area contributed by atoms with Crippen LogP contribution in [0.5, 0.6) is 0 Å². The van der Waals surface area contributed by atoms with Crippen molar-refractivity contribution >= 4 is 55.8 Å². The number of aromatic nitrogens is 2. The molecule has 3 rings (SSSR count). The number of benzene rings is 1. The Bertz CT molecular complexity index is 657. The van der Waals surface area contributed by atoms with Crippen LogP contribution in [0.1, 0.15) is 19.8 Å². The van der Waals surface area contributed by atoms with Crippen molar-refractivity contribution in [3.8, 4) is 0 Å². The summed E-state index contributed by atoms with van der Waals surface area (Å²) in [7, 11) is 0. The molecule has 1 heterocycles. The van der Waals surface area contributed by atoms with Gasteiger partial charge < -0.3 is 10.6 Å². The molecule has 0 spiro atoms. The summed E-state index contributed by atoms with van der Waals surface area (Å²) in [5.41, 5.74) is 0.786. The van der Waals surface area contributed by atoms with Crippen molar-refractivity contribution in [2.24, 2.45) is 0 Å². The minimum absolute atomic E-state index is 0.0424. The summed E-state index contributed by atoms with van der Waals surface area (Å²) in [5, 5.41) is 15.0. The lowest BCUT2D eigenvalue weighted by Crippen LogP contribution is -2.22. The van der Waals surface area contributed by atoms with Crippen molar-refractivity contribution in [3.05, 3.63) is 28.7 Å².